The molecule has 0 unspecified atom stereocenters. The van der Waals surface area contributed by atoms with Crippen molar-refractivity contribution in [3.63, 3.8) is 0 Å². The van der Waals surface area contributed by atoms with Gasteiger partial charge in [0, 0.05) is 12.1 Å². The summed E-state index contributed by atoms with van der Waals surface area (Å²) >= 11 is 0. The van der Waals surface area contributed by atoms with Crippen LogP contribution in [0.4, 0.5) is 5.69 Å². The van der Waals surface area contributed by atoms with E-state index in [1.165, 1.54) is 0 Å². The molecule has 1 aromatic rings. The van der Waals surface area contributed by atoms with Crippen LogP contribution < -0.4 is 15.4 Å². The molecule has 4 heteroatoms. The number of ether oxygens (including phenoxy) is 1. The summed E-state index contributed by atoms with van der Waals surface area (Å²) in [5, 5.41) is 6.35. The molecule has 0 aliphatic carbocycles. The molecule has 0 atom stereocenters. The van der Waals surface area contributed by atoms with E-state index >= 15 is 0 Å². The molecule has 1 aliphatic rings. The van der Waals surface area contributed by atoms with Crippen molar-refractivity contribution in [1.29, 1.82) is 0 Å². The van der Waals surface area contributed by atoms with Crippen LogP contribution in [0, 0.1) is 12.8 Å². The Kier molecular flexibility index (Phi) is 5.62. The van der Waals surface area contributed by atoms with Gasteiger partial charge in [0.05, 0.1) is 6.10 Å². The van der Waals surface area contributed by atoms with Gasteiger partial charge in [-0.2, -0.15) is 0 Å². The predicted octanol–water partition coefficient (Wildman–Crippen LogP) is 3.11. The minimum absolute atomic E-state index is 0.113. The van der Waals surface area contributed by atoms with Crippen LogP contribution in [-0.2, 0) is 4.79 Å². The van der Waals surface area contributed by atoms with Crippen molar-refractivity contribution in [1.82, 2.24) is 5.32 Å². The lowest BCUT2D eigenvalue weighted by Gasteiger charge is -2.22. The van der Waals surface area contributed by atoms with E-state index in [2.05, 4.69) is 10.6 Å². The fourth-order valence-electron chi connectivity index (χ4n) is 2.67. The van der Waals surface area contributed by atoms with E-state index in [1.54, 1.807) is 0 Å². The van der Waals surface area contributed by atoms with Crippen LogP contribution in [0.5, 0.6) is 5.75 Å². The monoisotopic (exact) mass is 290 g/mol. The molecule has 1 aromatic carbocycles. The van der Waals surface area contributed by atoms with Crippen molar-refractivity contribution in [2.75, 3.05) is 18.4 Å². The van der Waals surface area contributed by atoms with Gasteiger partial charge in [0.15, 0.2) is 0 Å². The molecule has 21 heavy (non-hydrogen) atoms. The number of benzene rings is 1. The summed E-state index contributed by atoms with van der Waals surface area (Å²) in [5.74, 6) is 1.47. The Balaban J connectivity index is 1.90. The zero-order valence-electron chi connectivity index (χ0n) is 13.2. The van der Waals surface area contributed by atoms with Crippen molar-refractivity contribution in [3.05, 3.63) is 23.8 Å². The molecule has 1 heterocycles. The summed E-state index contributed by atoms with van der Waals surface area (Å²) in [6, 6.07) is 5.81. The van der Waals surface area contributed by atoms with Gasteiger partial charge in [-0.05, 0) is 76.4 Å². The molecule has 1 fully saturated rings. The zero-order chi connectivity index (χ0) is 15.2. The first-order valence-electron chi connectivity index (χ1n) is 7.82. The third kappa shape index (κ3) is 5.05. The Labute approximate surface area is 127 Å². The largest absolute Gasteiger partial charge is 0.491 e. The highest BCUT2D eigenvalue weighted by Crippen LogP contribution is 2.23. The van der Waals surface area contributed by atoms with Crippen LogP contribution in [-0.4, -0.2) is 25.1 Å². The van der Waals surface area contributed by atoms with Gasteiger partial charge in [-0.15, -0.1) is 0 Å². The van der Waals surface area contributed by atoms with Crippen molar-refractivity contribution < 1.29 is 9.53 Å². The van der Waals surface area contributed by atoms with E-state index in [0.717, 1.165) is 42.9 Å². The fourth-order valence-corrected chi connectivity index (χ4v) is 2.67. The first-order valence-corrected chi connectivity index (χ1v) is 7.82. The molecule has 1 aliphatic heterocycles. The summed E-state index contributed by atoms with van der Waals surface area (Å²) in [6.07, 6.45) is 2.96. The van der Waals surface area contributed by atoms with Gasteiger partial charge < -0.3 is 15.4 Å². The van der Waals surface area contributed by atoms with Crippen LogP contribution in [0.1, 0.15) is 38.7 Å². The van der Waals surface area contributed by atoms with E-state index in [-0.39, 0.29) is 12.0 Å². The van der Waals surface area contributed by atoms with Gasteiger partial charge in [0.25, 0.3) is 0 Å². The van der Waals surface area contributed by atoms with Crippen LogP contribution in [0.15, 0.2) is 18.2 Å². The van der Waals surface area contributed by atoms with Crippen LogP contribution in [0.2, 0.25) is 0 Å². The number of carbonyl (C=O) groups is 1. The summed E-state index contributed by atoms with van der Waals surface area (Å²) in [5.41, 5.74) is 1.91. The normalized spacial score (nSPS) is 16.0. The molecule has 2 rings (SSSR count). The third-order valence-electron chi connectivity index (χ3n) is 3.78. The average Bonchev–Trinajstić information content (AvgIpc) is 2.42. The molecule has 116 valence electrons. The SMILES string of the molecule is Cc1cc(OC(C)C)ccc1NC(=O)CC1CCNCC1. The quantitative estimate of drug-likeness (QED) is 0.876. The second-order valence-corrected chi connectivity index (χ2v) is 6.09. The van der Waals surface area contributed by atoms with Crippen LogP contribution in [0.3, 0.4) is 0 Å². The van der Waals surface area contributed by atoms with E-state index in [0.29, 0.717) is 12.3 Å². The Morgan fingerprint density at radius 1 is 1.38 bits per heavy atom. The standard InChI is InChI=1S/C17H26N2O2/c1-12(2)21-15-4-5-16(13(3)10-15)19-17(20)11-14-6-8-18-9-7-14/h4-5,10,12,14,18H,6-9,11H2,1-3H3,(H,19,20). The van der Waals surface area contributed by atoms with E-state index in [1.807, 2.05) is 39.0 Å². The van der Waals surface area contributed by atoms with Crippen molar-refractivity contribution in [2.24, 2.45) is 5.92 Å². The van der Waals surface area contributed by atoms with Crippen LogP contribution in [0.25, 0.3) is 0 Å². The Bertz CT molecular complexity index is 480. The summed E-state index contributed by atoms with van der Waals surface area (Å²) < 4.78 is 5.66. The topological polar surface area (TPSA) is 50.4 Å². The molecule has 4 nitrogen and oxygen atoms in total. The second-order valence-electron chi connectivity index (χ2n) is 6.09. The van der Waals surface area contributed by atoms with Gasteiger partial charge in [-0.25, -0.2) is 0 Å². The molecular weight excluding hydrogens is 264 g/mol. The highest BCUT2D eigenvalue weighted by atomic mass is 16.5. The minimum Gasteiger partial charge on any atom is -0.491 e. The maximum Gasteiger partial charge on any atom is 0.224 e. The highest BCUT2D eigenvalue weighted by Gasteiger charge is 2.17. The van der Waals surface area contributed by atoms with E-state index in [9.17, 15) is 4.79 Å². The molecule has 2 N–H and O–H groups in total. The number of amides is 1. The molecule has 0 saturated carbocycles. The first kappa shape index (κ1) is 15.8. The Hall–Kier alpha value is -1.55. The summed E-state index contributed by atoms with van der Waals surface area (Å²) in [7, 11) is 0. The summed E-state index contributed by atoms with van der Waals surface area (Å²) in [4.78, 5) is 12.1. The van der Waals surface area contributed by atoms with Gasteiger partial charge in [-0.3, -0.25) is 4.79 Å². The number of anilines is 1. The van der Waals surface area contributed by atoms with Gasteiger partial charge in [0.1, 0.15) is 5.75 Å². The van der Waals surface area contributed by atoms with Crippen molar-refractivity contribution in [3.8, 4) is 5.75 Å². The number of piperidine rings is 1. The molecule has 0 aromatic heterocycles. The number of hydrogen-bond donors (Lipinski definition) is 2. The van der Waals surface area contributed by atoms with Gasteiger partial charge in [-0.1, -0.05) is 0 Å². The molecule has 0 bridgehead atoms. The van der Waals surface area contributed by atoms with Gasteiger partial charge >= 0.3 is 0 Å². The Morgan fingerprint density at radius 3 is 2.71 bits per heavy atom. The lowest BCUT2D eigenvalue weighted by Crippen LogP contribution is -2.30. The van der Waals surface area contributed by atoms with E-state index < -0.39 is 0 Å². The maximum atomic E-state index is 12.1. The molecule has 0 spiro atoms. The third-order valence-corrected chi connectivity index (χ3v) is 3.78. The lowest BCUT2D eigenvalue weighted by atomic mass is 9.94. The van der Waals surface area contributed by atoms with Crippen molar-refractivity contribution >= 4 is 11.6 Å². The molecule has 0 radical (unpaired) electrons. The number of nitrogens with one attached hydrogen (secondary N) is 2. The van der Waals surface area contributed by atoms with Crippen LogP contribution >= 0.6 is 0 Å². The lowest BCUT2D eigenvalue weighted by molar-refractivity contribution is -0.117. The number of hydrogen-bond acceptors (Lipinski definition) is 3. The first-order chi connectivity index (χ1) is 10.0. The molecular formula is C17H26N2O2. The number of rotatable bonds is 5. The maximum absolute atomic E-state index is 12.1. The Morgan fingerprint density at radius 2 is 2.10 bits per heavy atom. The average molecular weight is 290 g/mol. The second kappa shape index (κ2) is 7.46. The fraction of sp³-hybridized carbons (Fsp3) is 0.588. The molecule has 1 saturated heterocycles. The predicted molar refractivity (Wildman–Crippen MR) is 85.8 cm³/mol. The molecule has 1 amide bonds. The van der Waals surface area contributed by atoms with E-state index in [4.69, 9.17) is 4.74 Å². The number of aryl methyl sites for hydroxylation is 1. The minimum atomic E-state index is 0.113. The summed E-state index contributed by atoms with van der Waals surface area (Å²) in [6.45, 7) is 8.05. The smallest absolute Gasteiger partial charge is 0.224 e. The highest BCUT2D eigenvalue weighted by molar-refractivity contribution is 5.91. The number of carbonyl (C=O) groups excluding carboxylic acids is 1. The van der Waals surface area contributed by atoms with Gasteiger partial charge in [0.2, 0.25) is 5.91 Å². The van der Waals surface area contributed by atoms with Crippen molar-refractivity contribution in [2.45, 2.75) is 46.1 Å². The zero-order valence-corrected chi connectivity index (χ0v) is 13.2.